The average molecular weight is 393 g/mol. The molecular formula is C24H41FN2O. The van der Waals surface area contributed by atoms with Crippen LogP contribution < -0.4 is 10.6 Å². The molecule has 2 N–H and O–H groups in total. The Kier molecular flexibility index (Phi) is 12.5. The van der Waals surface area contributed by atoms with Crippen molar-refractivity contribution in [1.29, 1.82) is 0 Å². The molecule has 1 aromatic rings. The van der Waals surface area contributed by atoms with Gasteiger partial charge in [0, 0.05) is 29.8 Å². The lowest BCUT2D eigenvalue weighted by Gasteiger charge is -2.19. The Morgan fingerprint density at radius 3 is 2.07 bits per heavy atom. The second-order valence-corrected chi connectivity index (χ2v) is 8.47. The Bertz CT molecular complexity index is 579. The largest absolute Gasteiger partial charge is 0.385 e. The average Bonchev–Trinajstić information content (AvgIpc) is 2.58. The van der Waals surface area contributed by atoms with Crippen molar-refractivity contribution in [2.45, 2.75) is 86.1 Å². The first kappa shape index (κ1) is 26.2. The number of carbonyl (C=O) groups is 1. The zero-order valence-corrected chi connectivity index (χ0v) is 19.0. The van der Waals surface area contributed by atoms with E-state index in [0.717, 1.165) is 23.4 Å². The molecule has 0 fully saturated rings. The van der Waals surface area contributed by atoms with Gasteiger partial charge >= 0.3 is 0 Å². The summed E-state index contributed by atoms with van der Waals surface area (Å²) in [5.41, 5.74) is 2.52. The molecule has 0 spiro atoms. The molecule has 0 aliphatic rings. The molecule has 0 aliphatic carbocycles. The van der Waals surface area contributed by atoms with Crippen LogP contribution in [0, 0.1) is 18.7 Å². The van der Waals surface area contributed by atoms with Gasteiger partial charge in [-0.25, -0.2) is 4.39 Å². The van der Waals surface area contributed by atoms with Gasteiger partial charge in [0.05, 0.1) is 0 Å². The van der Waals surface area contributed by atoms with Crippen LogP contribution in [0.1, 0.15) is 84.8 Å². The molecule has 0 saturated carbocycles. The van der Waals surface area contributed by atoms with Gasteiger partial charge in [-0.05, 0) is 70.2 Å². The first-order chi connectivity index (χ1) is 13.0. The van der Waals surface area contributed by atoms with Gasteiger partial charge in [-0.1, -0.05) is 40.2 Å². The van der Waals surface area contributed by atoms with E-state index in [1.807, 2.05) is 40.7 Å². The van der Waals surface area contributed by atoms with E-state index in [0.29, 0.717) is 12.3 Å². The molecule has 3 nitrogen and oxygen atoms in total. The Hall–Kier alpha value is -1.84. The van der Waals surface area contributed by atoms with Crippen molar-refractivity contribution in [3.8, 4) is 0 Å². The van der Waals surface area contributed by atoms with Crippen LogP contribution in [0.4, 0.5) is 4.39 Å². The van der Waals surface area contributed by atoms with Gasteiger partial charge in [-0.2, -0.15) is 0 Å². The van der Waals surface area contributed by atoms with E-state index in [-0.39, 0.29) is 17.3 Å². The third-order valence-electron chi connectivity index (χ3n) is 4.22. The van der Waals surface area contributed by atoms with E-state index < -0.39 is 0 Å². The molecule has 0 bridgehead atoms. The van der Waals surface area contributed by atoms with E-state index in [9.17, 15) is 9.18 Å². The molecule has 0 atom stereocenters. The number of benzene rings is 1. The molecule has 0 unspecified atom stereocenters. The lowest BCUT2D eigenvalue weighted by Crippen LogP contribution is -2.40. The third kappa shape index (κ3) is 12.5. The number of hydrogen-bond donors (Lipinski definition) is 2. The highest BCUT2D eigenvalue weighted by atomic mass is 19.1. The minimum absolute atomic E-state index is 0.0763. The van der Waals surface area contributed by atoms with Gasteiger partial charge in [0.15, 0.2) is 0 Å². The summed E-state index contributed by atoms with van der Waals surface area (Å²) in [6.45, 7) is 19.0. The summed E-state index contributed by atoms with van der Waals surface area (Å²) < 4.78 is 13.4. The molecule has 160 valence electrons. The molecule has 0 heterocycles. The molecule has 4 heteroatoms. The molecule has 0 radical (unpaired) electrons. The third-order valence-corrected chi connectivity index (χ3v) is 4.22. The SMILES string of the molecule is C=C(NCC(CCC)CCC)c1cc(C)cc(F)c1.CCC(=O)NC(C)(C)C. The highest BCUT2D eigenvalue weighted by molar-refractivity contribution is 5.76. The topological polar surface area (TPSA) is 41.1 Å². The highest BCUT2D eigenvalue weighted by Crippen LogP contribution is 2.17. The highest BCUT2D eigenvalue weighted by Gasteiger charge is 2.11. The van der Waals surface area contributed by atoms with Gasteiger partial charge in [0.2, 0.25) is 5.91 Å². The monoisotopic (exact) mass is 392 g/mol. The molecule has 0 aromatic heterocycles. The summed E-state index contributed by atoms with van der Waals surface area (Å²) in [4.78, 5) is 10.7. The minimum atomic E-state index is -0.198. The van der Waals surface area contributed by atoms with Crippen molar-refractivity contribution in [3.05, 3.63) is 41.7 Å². The first-order valence-corrected chi connectivity index (χ1v) is 10.5. The van der Waals surface area contributed by atoms with Gasteiger partial charge in [0.25, 0.3) is 0 Å². The van der Waals surface area contributed by atoms with Crippen LogP contribution in [0.2, 0.25) is 0 Å². The van der Waals surface area contributed by atoms with Gasteiger partial charge in [0.1, 0.15) is 5.82 Å². The Labute approximate surface area is 172 Å². The fraction of sp³-hybridized carbons (Fsp3) is 0.625. The lowest BCUT2D eigenvalue weighted by molar-refractivity contribution is -0.122. The maximum Gasteiger partial charge on any atom is 0.220 e. The summed E-state index contributed by atoms with van der Waals surface area (Å²) in [7, 11) is 0. The fourth-order valence-electron chi connectivity index (χ4n) is 2.95. The summed E-state index contributed by atoms with van der Waals surface area (Å²) in [5, 5.41) is 6.19. The number of aryl methyl sites for hydroxylation is 1. The Morgan fingerprint density at radius 1 is 1.11 bits per heavy atom. The van der Waals surface area contributed by atoms with Crippen molar-refractivity contribution in [2.24, 2.45) is 5.92 Å². The van der Waals surface area contributed by atoms with Crippen LogP contribution in [-0.2, 0) is 4.79 Å². The maximum atomic E-state index is 13.4. The van der Waals surface area contributed by atoms with Crippen molar-refractivity contribution in [1.82, 2.24) is 10.6 Å². The lowest BCUT2D eigenvalue weighted by atomic mass is 9.98. The number of rotatable bonds is 9. The summed E-state index contributed by atoms with van der Waals surface area (Å²) in [6, 6.07) is 5.04. The van der Waals surface area contributed by atoms with E-state index in [2.05, 4.69) is 31.1 Å². The summed E-state index contributed by atoms with van der Waals surface area (Å²) in [6.07, 6.45) is 5.44. The quantitative estimate of drug-likeness (QED) is 0.523. The normalized spacial score (nSPS) is 10.9. The zero-order valence-electron chi connectivity index (χ0n) is 19.0. The fourth-order valence-corrected chi connectivity index (χ4v) is 2.95. The molecule has 0 aliphatic heterocycles. The van der Waals surface area contributed by atoms with Crippen LogP contribution in [-0.4, -0.2) is 18.0 Å². The van der Waals surface area contributed by atoms with Gasteiger partial charge < -0.3 is 10.6 Å². The summed E-state index contributed by atoms with van der Waals surface area (Å²) in [5.74, 6) is 0.598. The van der Waals surface area contributed by atoms with Crippen LogP contribution in [0.5, 0.6) is 0 Å². The number of amides is 1. The second kappa shape index (κ2) is 13.4. The predicted molar refractivity (Wildman–Crippen MR) is 120 cm³/mol. The number of carbonyl (C=O) groups excluding carboxylic acids is 1. The van der Waals surface area contributed by atoms with Gasteiger partial charge in [-0.3, -0.25) is 4.79 Å². The smallest absolute Gasteiger partial charge is 0.220 e. The molecule has 1 rings (SSSR count). The van der Waals surface area contributed by atoms with Crippen LogP contribution >= 0.6 is 0 Å². The van der Waals surface area contributed by atoms with Crippen LogP contribution in [0.3, 0.4) is 0 Å². The zero-order chi connectivity index (χ0) is 21.7. The van der Waals surface area contributed by atoms with Gasteiger partial charge in [-0.15, -0.1) is 0 Å². The number of hydrogen-bond acceptors (Lipinski definition) is 2. The molecular weight excluding hydrogens is 351 g/mol. The summed E-state index contributed by atoms with van der Waals surface area (Å²) >= 11 is 0. The predicted octanol–water partition coefficient (Wildman–Crippen LogP) is 6.22. The first-order valence-electron chi connectivity index (χ1n) is 10.5. The van der Waals surface area contributed by atoms with E-state index in [4.69, 9.17) is 0 Å². The van der Waals surface area contributed by atoms with E-state index in [1.165, 1.54) is 37.8 Å². The van der Waals surface area contributed by atoms with Crippen molar-refractivity contribution >= 4 is 11.6 Å². The van der Waals surface area contributed by atoms with Crippen molar-refractivity contribution in [3.63, 3.8) is 0 Å². The standard InChI is InChI=1S/C17H26FN.C7H15NO/c1-5-7-15(8-6-2)12-19-14(4)16-9-13(3)10-17(18)11-16;1-5-6(9)8-7(2,3)4/h9-11,15,19H,4-8,12H2,1-3H3;5H2,1-4H3,(H,8,9). The molecule has 1 aromatic carbocycles. The number of halogens is 1. The van der Waals surface area contributed by atoms with E-state index in [1.54, 1.807) is 0 Å². The Balaban J connectivity index is 0.000000684. The minimum Gasteiger partial charge on any atom is -0.385 e. The molecule has 0 saturated heterocycles. The number of nitrogens with one attached hydrogen (secondary N) is 2. The Morgan fingerprint density at radius 2 is 1.68 bits per heavy atom. The molecule has 1 amide bonds. The van der Waals surface area contributed by atoms with Crippen molar-refractivity contribution in [2.75, 3.05) is 6.54 Å². The van der Waals surface area contributed by atoms with E-state index >= 15 is 0 Å². The van der Waals surface area contributed by atoms with Crippen LogP contribution in [0.25, 0.3) is 5.70 Å². The molecule has 28 heavy (non-hydrogen) atoms. The van der Waals surface area contributed by atoms with Crippen molar-refractivity contribution < 1.29 is 9.18 Å². The maximum absolute atomic E-state index is 13.4. The second-order valence-electron chi connectivity index (χ2n) is 8.47. The van der Waals surface area contributed by atoms with Crippen LogP contribution in [0.15, 0.2) is 24.8 Å².